The van der Waals surface area contributed by atoms with Crippen molar-refractivity contribution in [1.29, 1.82) is 0 Å². The summed E-state index contributed by atoms with van der Waals surface area (Å²) < 4.78 is 13.5. The van der Waals surface area contributed by atoms with Crippen molar-refractivity contribution in [2.24, 2.45) is 5.92 Å². The second-order valence-electron chi connectivity index (χ2n) is 7.31. The Hall–Kier alpha value is -2.20. The van der Waals surface area contributed by atoms with Gasteiger partial charge in [0.2, 0.25) is 5.91 Å². The fraction of sp³-hybridized carbons (Fsp3) is 0.381. The number of carbonyl (C=O) groups excluding carboxylic acids is 1. The molecule has 0 bridgehead atoms. The average Bonchev–Trinajstić information content (AvgIpc) is 3.04. The lowest BCUT2D eigenvalue weighted by molar-refractivity contribution is -0.125. The van der Waals surface area contributed by atoms with Gasteiger partial charge in [0.1, 0.15) is 5.82 Å². The summed E-state index contributed by atoms with van der Waals surface area (Å²) in [5.41, 5.74) is 4.83. The lowest BCUT2D eigenvalue weighted by Gasteiger charge is -2.34. The molecule has 0 fully saturated rings. The lowest BCUT2D eigenvalue weighted by atomic mass is 9.94. The number of likely N-dealkylation sites (N-methyl/N-ethyl adjacent to an activating group) is 1. The zero-order valence-corrected chi connectivity index (χ0v) is 14.5. The van der Waals surface area contributed by atoms with Gasteiger partial charge in [-0.2, -0.15) is 0 Å². The van der Waals surface area contributed by atoms with E-state index in [0.717, 1.165) is 31.4 Å². The smallest absolute Gasteiger partial charge is 0.223 e. The van der Waals surface area contributed by atoms with Crippen molar-refractivity contribution in [2.45, 2.75) is 31.8 Å². The third-order valence-electron chi connectivity index (χ3n) is 5.60. The van der Waals surface area contributed by atoms with Crippen LogP contribution in [0.4, 0.5) is 4.39 Å². The first-order chi connectivity index (χ1) is 12.1. The number of hydrogen-bond acceptors (Lipinski definition) is 2. The van der Waals surface area contributed by atoms with E-state index in [0.29, 0.717) is 6.54 Å². The van der Waals surface area contributed by atoms with Gasteiger partial charge in [0.15, 0.2) is 0 Å². The molecule has 1 atom stereocenters. The number of hydrogen-bond donors (Lipinski definition) is 1. The van der Waals surface area contributed by atoms with Gasteiger partial charge in [-0.1, -0.05) is 30.3 Å². The van der Waals surface area contributed by atoms with Crippen LogP contribution in [-0.4, -0.2) is 30.4 Å². The van der Waals surface area contributed by atoms with Gasteiger partial charge in [-0.25, -0.2) is 4.39 Å². The predicted octanol–water partition coefficient (Wildman–Crippen LogP) is 2.71. The van der Waals surface area contributed by atoms with E-state index in [1.165, 1.54) is 22.8 Å². The largest absolute Gasteiger partial charge is 0.354 e. The number of benzene rings is 2. The van der Waals surface area contributed by atoms with Crippen molar-refractivity contribution >= 4 is 5.91 Å². The van der Waals surface area contributed by atoms with Crippen molar-refractivity contribution in [3.8, 4) is 0 Å². The molecule has 130 valence electrons. The van der Waals surface area contributed by atoms with Crippen molar-refractivity contribution in [2.75, 3.05) is 13.6 Å². The predicted molar refractivity (Wildman–Crippen MR) is 95.7 cm³/mol. The van der Waals surface area contributed by atoms with Crippen LogP contribution < -0.4 is 5.32 Å². The molecule has 3 nitrogen and oxygen atoms in total. The molecule has 0 spiro atoms. The Kier molecular flexibility index (Phi) is 4.30. The molecule has 0 aromatic heterocycles. The number of halogens is 1. The summed E-state index contributed by atoms with van der Waals surface area (Å²) in [5.74, 6) is -0.0134. The summed E-state index contributed by atoms with van der Waals surface area (Å²) in [4.78, 5) is 14.8. The maximum Gasteiger partial charge on any atom is 0.223 e. The number of carbonyl (C=O) groups is 1. The van der Waals surface area contributed by atoms with Crippen LogP contribution in [0.5, 0.6) is 0 Å². The summed E-state index contributed by atoms with van der Waals surface area (Å²) in [6.45, 7) is 1.41. The Morgan fingerprint density at radius 2 is 1.80 bits per heavy atom. The summed E-state index contributed by atoms with van der Waals surface area (Å²) in [6.07, 6.45) is 2.43. The lowest BCUT2D eigenvalue weighted by Crippen LogP contribution is -2.46. The van der Waals surface area contributed by atoms with Gasteiger partial charge in [0, 0.05) is 25.0 Å². The van der Waals surface area contributed by atoms with Crippen LogP contribution >= 0.6 is 0 Å². The first kappa shape index (κ1) is 16.3. The second kappa shape index (κ2) is 6.60. The van der Waals surface area contributed by atoms with Gasteiger partial charge in [-0.05, 0) is 60.7 Å². The highest BCUT2D eigenvalue weighted by Crippen LogP contribution is 2.27. The van der Waals surface area contributed by atoms with Crippen molar-refractivity contribution in [1.82, 2.24) is 10.2 Å². The minimum absolute atomic E-state index is 0.0380. The Morgan fingerprint density at radius 3 is 2.52 bits per heavy atom. The van der Waals surface area contributed by atoms with E-state index >= 15 is 0 Å². The number of nitrogens with one attached hydrogen (secondary N) is 1. The van der Waals surface area contributed by atoms with E-state index < -0.39 is 0 Å². The van der Waals surface area contributed by atoms with Crippen LogP contribution in [0.15, 0.2) is 42.5 Å². The molecule has 2 aromatic rings. The van der Waals surface area contributed by atoms with Crippen molar-refractivity contribution in [3.05, 3.63) is 70.5 Å². The molecule has 1 amide bonds. The molecular weight excluding hydrogens is 315 g/mol. The Balaban J connectivity index is 1.36. The molecule has 0 unspecified atom stereocenters. The SMILES string of the molecule is CN1Cc2ccc(F)cc2C[C@H]1CNC(=O)C1Cc2ccccc2C1. The molecule has 4 rings (SSSR count). The van der Waals surface area contributed by atoms with Gasteiger partial charge < -0.3 is 5.32 Å². The molecule has 0 radical (unpaired) electrons. The molecule has 2 aliphatic rings. The van der Waals surface area contributed by atoms with Gasteiger partial charge in [-0.3, -0.25) is 9.69 Å². The number of amides is 1. The van der Waals surface area contributed by atoms with Crippen molar-refractivity contribution < 1.29 is 9.18 Å². The van der Waals surface area contributed by atoms with Gasteiger partial charge in [0.05, 0.1) is 0 Å². The molecule has 4 heteroatoms. The summed E-state index contributed by atoms with van der Waals surface area (Å²) >= 11 is 0. The van der Waals surface area contributed by atoms with Gasteiger partial charge in [-0.15, -0.1) is 0 Å². The third-order valence-corrected chi connectivity index (χ3v) is 5.60. The molecule has 1 heterocycles. The van der Waals surface area contributed by atoms with Crippen LogP contribution in [0, 0.1) is 11.7 Å². The minimum Gasteiger partial charge on any atom is -0.354 e. The van der Waals surface area contributed by atoms with Crippen LogP contribution in [0.3, 0.4) is 0 Å². The number of nitrogens with zero attached hydrogens (tertiary/aromatic N) is 1. The van der Waals surface area contributed by atoms with E-state index in [1.807, 2.05) is 18.2 Å². The van der Waals surface area contributed by atoms with Crippen LogP contribution in [-0.2, 0) is 30.6 Å². The average molecular weight is 338 g/mol. The number of rotatable bonds is 3. The maximum absolute atomic E-state index is 13.5. The highest BCUT2D eigenvalue weighted by molar-refractivity contribution is 5.80. The first-order valence-electron chi connectivity index (χ1n) is 8.92. The minimum atomic E-state index is -0.185. The quantitative estimate of drug-likeness (QED) is 0.933. The van der Waals surface area contributed by atoms with Crippen LogP contribution in [0.25, 0.3) is 0 Å². The molecule has 1 aliphatic carbocycles. The molecule has 2 aromatic carbocycles. The maximum atomic E-state index is 13.5. The fourth-order valence-corrected chi connectivity index (χ4v) is 4.08. The Labute approximate surface area is 147 Å². The molecule has 0 saturated carbocycles. The third kappa shape index (κ3) is 3.31. The van der Waals surface area contributed by atoms with E-state index in [1.54, 1.807) is 6.07 Å². The Bertz CT molecular complexity index is 779. The Morgan fingerprint density at radius 1 is 1.08 bits per heavy atom. The zero-order chi connectivity index (χ0) is 17.4. The van der Waals surface area contributed by atoms with Gasteiger partial charge >= 0.3 is 0 Å². The molecule has 25 heavy (non-hydrogen) atoms. The molecular formula is C21H23FN2O. The topological polar surface area (TPSA) is 32.3 Å². The zero-order valence-electron chi connectivity index (χ0n) is 14.5. The normalized spacial score (nSPS) is 20.2. The van der Waals surface area contributed by atoms with E-state index in [4.69, 9.17) is 0 Å². The monoisotopic (exact) mass is 338 g/mol. The fourth-order valence-electron chi connectivity index (χ4n) is 4.08. The highest BCUT2D eigenvalue weighted by Gasteiger charge is 2.29. The van der Waals surface area contributed by atoms with E-state index in [-0.39, 0.29) is 23.7 Å². The molecule has 0 saturated heterocycles. The van der Waals surface area contributed by atoms with Crippen molar-refractivity contribution in [3.63, 3.8) is 0 Å². The van der Waals surface area contributed by atoms with Crippen LogP contribution in [0.1, 0.15) is 22.3 Å². The van der Waals surface area contributed by atoms with E-state index in [2.05, 4.69) is 29.4 Å². The number of fused-ring (bicyclic) bond motifs is 2. The van der Waals surface area contributed by atoms with Crippen LogP contribution in [0.2, 0.25) is 0 Å². The first-order valence-corrected chi connectivity index (χ1v) is 8.92. The summed E-state index contributed by atoms with van der Waals surface area (Å²) in [7, 11) is 2.06. The summed E-state index contributed by atoms with van der Waals surface area (Å²) in [6, 6.07) is 13.5. The highest BCUT2D eigenvalue weighted by atomic mass is 19.1. The van der Waals surface area contributed by atoms with Gasteiger partial charge in [0.25, 0.3) is 0 Å². The standard InChI is InChI=1S/C21H23FN2O/c1-24-13-16-6-7-19(22)10-17(16)11-20(24)12-23-21(25)18-8-14-4-2-3-5-15(14)9-18/h2-7,10,18,20H,8-9,11-13H2,1H3,(H,23,25)/t20-/m0/s1. The van der Waals surface area contributed by atoms with E-state index in [9.17, 15) is 9.18 Å². The molecule has 1 N–H and O–H groups in total. The second-order valence-corrected chi connectivity index (χ2v) is 7.31. The molecule has 1 aliphatic heterocycles. The summed E-state index contributed by atoms with van der Waals surface area (Å²) in [5, 5.41) is 3.13.